The van der Waals surface area contributed by atoms with Crippen LogP contribution in [0.2, 0.25) is 0 Å². The molecule has 9 atom stereocenters. The molecular weight excluding hydrogens is 660 g/mol. The van der Waals surface area contributed by atoms with Crippen LogP contribution in [0.5, 0.6) is 5.75 Å². The summed E-state index contributed by atoms with van der Waals surface area (Å²) in [4.78, 5) is 72.9. The van der Waals surface area contributed by atoms with Crippen molar-refractivity contribution in [3.8, 4) is 5.75 Å². The highest BCUT2D eigenvalue weighted by Gasteiger charge is 2.64. The van der Waals surface area contributed by atoms with Gasteiger partial charge in [-0.05, 0) is 23.8 Å². The molecule has 3 rings (SSSR count). The number of hydrogen-bond acceptors (Lipinski definition) is 18. The number of aliphatic hydroxyl groups is 2. The monoisotopic (exact) mass is 698 g/mol. The molecule has 0 spiro atoms. The first-order valence-corrected chi connectivity index (χ1v) is 14.8. The minimum absolute atomic E-state index is 0.0214. The molecule has 0 aromatic heterocycles. The van der Waals surface area contributed by atoms with Crippen molar-refractivity contribution in [3.63, 3.8) is 0 Å². The molecule has 270 valence electrons. The second-order valence-electron chi connectivity index (χ2n) is 10.9. The number of phenols is 1. The molecule has 0 saturated carbocycles. The molecule has 2 aliphatic rings. The number of aliphatic hydroxyl groups excluding tert-OH is 2. The third-order valence-electron chi connectivity index (χ3n) is 6.94. The van der Waals surface area contributed by atoms with Crippen molar-refractivity contribution in [1.29, 1.82) is 0 Å². The van der Waals surface area contributed by atoms with E-state index in [1.54, 1.807) is 0 Å². The van der Waals surface area contributed by atoms with Crippen molar-refractivity contribution < 1.29 is 86.7 Å². The summed E-state index contributed by atoms with van der Waals surface area (Å²) in [6.45, 7) is 2.79. The van der Waals surface area contributed by atoms with E-state index in [0.717, 1.165) is 40.7 Å². The number of benzene rings is 1. The molecule has 0 unspecified atom stereocenters. The van der Waals surface area contributed by atoms with Crippen LogP contribution in [0.4, 0.5) is 0 Å². The molecule has 2 aliphatic heterocycles. The zero-order valence-corrected chi connectivity index (χ0v) is 27.2. The maximum Gasteiger partial charge on any atom is 0.331 e. The third-order valence-corrected chi connectivity index (χ3v) is 6.94. The largest absolute Gasteiger partial charge is 0.508 e. The molecule has 2 fully saturated rings. The van der Waals surface area contributed by atoms with Crippen molar-refractivity contribution in [2.24, 2.45) is 0 Å². The average molecular weight is 699 g/mol. The lowest BCUT2D eigenvalue weighted by Crippen LogP contribution is -2.65. The van der Waals surface area contributed by atoms with Gasteiger partial charge in [-0.2, -0.15) is 0 Å². The second kappa shape index (κ2) is 17.2. The molecule has 0 bridgehead atoms. The Balaban J connectivity index is 2.08. The Labute approximate surface area is 279 Å². The van der Waals surface area contributed by atoms with Crippen LogP contribution < -0.4 is 0 Å². The molecule has 2 heterocycles. The average Bonchev–Trinajstić information content (AvgIpc) is 3.28. The van der Waals surface area contributed by atoms with Gasteiger partial charge in [0.05, 0.1) is 6.61 Å². The predicted molar refractivity (Wildman–Crippen MR) is 157 cm³/mol. The number of hydrogen-bond donors (Lipinski definition) is 3. The van der Waals surface area contributed by atoms with Crippen LogP contribution in [-0.2, 0) is 71.4 Å². The fourth-order valence-electron chi connectivity index (χ4n) is 5.01. The van der Waals surface area contributed by atoms with E-state index in [0.29, 0.717) is 5.56 Å². The van der Waals surface area contributed by atoms with Gasteiger partial charge in [0.1, 0.15) is 37.3 Å². The molecule has 18 heteroatoms. The lowest BCUT2D eigenvalue weighted by Gasteiger charge is -2.45. The minimum Gasteiger partial charge on any atom is -0.508 e. The summed E-state index contributed by atoms with van der Waals surface area (Å²) in [7, 11) is 0. The topological polar surface area (TPSA) is 246 Å². The van der Waals surface area contributed by atoms with Gasteiger partial charge < -0.3 is 58.0 Å². The number of ether oxygens (including phenoxy) is 9. The van der Waals surface area contributed by atoms with Crippen LogP contribution in [0, 0.1) is 0 Å². The molecule has 1 aromatic carbocycles. The first kappa shape index (κ1) is 38.8. The van der Waals surface area contributed by atoms with Gasteiger partial charge in [-0.3, -0.25) is 24.0 Å². The van der Waals surface area contributed by atoms with Crippen LogP contribution in [0.1, 0.15) is 40.2 Å². The first-order chi connectivity index (χ1) is 23.0. The summed E-state index contributed by atoms with van der Waals surface area (Å²) in [6, 6.07) is 5.73. The fourth-order valence-corrected chi connectivity index (χ4v) is 5.01. The minimum atomic E-state index is -2.51. The molecule has 0 radical (unpaired) electrons. The summed E-state index contributed by atoms with van der Waals surface area (Å²) in [5.74, 6) is -7.96. The maximum atomic E-state index is 13.2. The maximum absolute atomic E-state index is 13.2. The molecule has 3 N–H and O–H groups in total. The van der Waals surface area contributed by atoms with Crippen LogP contribution in [-0.4, -0.2) is 126 Å². The van der Waals surface area contributed by atoms with Crippen molar-refractivity contribution >= 4 is 41.9 Å². The van der Waals surface area contributed by atoms with Gasteiger partial charge in [0.15, 0.2) is 30.7 Å². The highest BCUT2D eigenvalue weighted by molar-refractivity contribution is 5.87. The molecule has 18 nitrogen and oxygen atoms in total. The van der Waals surface area contributed by atoms with Gasteiger partial charge in [0.2, 0.25) is 5.79 Å². The third kappa shape index (κ3) is 10.7. The van der Waals surface area contributed by atoms with E-state index < -0.39 is 110 Å². The number of phenolic OH excluding ortho intramolecular Hbond substituents is 1. The van der Waals surface area contributed by atoms with Gasteiger partial charge in [-0.1, -0.05) is 12.1 Å². The van der Waals surface area contributed by atoms with E-state index in [2.05, 4.69) is 0 Å². The number of rotatable bonds is 13. The predicted octanol–water partition coefficient (Wildman–Crippen LogP) is -0.572. The summed E-state index contributed by atoms with van der Waals surface area (Å²) in [5.41, 5.74) is 0.473. The lowest BCUT2D eigenvalue weighted by atomic mass is 9.98. The Morgan fingerprint density at radius 1 is 0.776 bits per heavy atom. The standard InChI is InChI=1S/C31H38O18/c1-15(33)41-13-23-26(43-17(3)35)28(45-19(5)37)25(40)30(46-23)49-31(14-42-16(2)34)29(27(44-18(4)36)22(12-32)48-31)47-24(39)11-8-20-6-9-21(38)10-7-20/h6-11,22-23,25-30,32,38,40H,12-14H2,1-5H3/b11-8+/t22-,23-,25-,26-,27-,28-,29+,30-,31+/m1/s1. The van der Waals surface area contributed by atoms with Crippen LogP contribution in [0.25, 0.3) is 6.08 Å². The molecule has 0 aliphatic carbocycles. The molecule has 1 aromatic rings. The van der Waals surface area contributed by atoms with Gasteiger partial charge in [-0.25, -0.2) is 4.79 Å². The molecular formula is C31H38O18. The van der Waals surface area contributed by atoms with E-state index in [-0.39, 0.29) is 5.75 Å². The van der Waals surface area contributed by atoms with Crippen LogP contribution in [0.15, 0.2) is 30.3 Å². The number of esters is 6. The zero-order valence-electron chi connectivity index (χ0n) is 27.2. The Bertz CT molecular complexity index is 1390. The van der Waals surface area contributed by atoms with E-state index in [1.165, 1.54) is 30.3 Å². The zero-order chi connectivity index (χ0) is 36.5. The van der Waals surface area contributed by atoms with Gasteiger partial charge >= 0.3 is 35.8 Å². The SMILES string of the molecule is CC(=O)OC[C@H]1O[C@H](O[C@]2(COC(C)=O)O[C@H](CO)[C@@H](OC(C)=O)[C@@H]2OC(=O)/C=C/c2ccc(O)cc2)[C@H](O)[C@@H](OC(C)=O)[C@@H]1OC(C)=O. The Morgan fingerprint density at radius 2 is 1.35 bits per heavy atom. The smallest absolute Gasteiger partial charge is 0.331 e. The Kier molecular flexibility index (Phi) is 13.6. The highest BCUT2D eigenvalue weighted by atomic mass is 16.8. The van der Waals surface area contributed by atoms with E-state index >= 15 is 0 Å². The van der Waals surface area contributed by atoms with Gasteiger partial charge in [0.25, 0.3) is 0 Å². The van der Waals surface area contributed by atoms with Gasteiger partial charge in [-0.15, -0.1) is 0 Å². The van der Waals surface area contributed by atoms with Crippen molar-refractivity contribution in [2.45, 2.75) is 89.4 Å². The second-order valence-corrected chi connectivity index (χ2v) is 10.9. The van der Waals surface area contributed by atoms with E-state index in [1.807, 2.05) is 0 Å². The normalized spacial score (nSPS) is 29.4. The van der Waals surface area contributed by atoms with Crippen molar-refractivity contribution in [2.75, 3.05) is 19.8 Å². The number of carbonyl (C=O) groups is 6. The summed E-state index contributed by atoms with van der Waals surface area (Å²) < 4.78 is 49.5. The van der Waals surface area contributed by atoms with Gasteiger partial charge in [0, 0.05) is 40.7 Å². The fraction of sp³-hybridized carbons (Fsp3) is 0.548. The summed E-state index contributed by atoms with van der Waals surface area (Å²) in [5, 5.41) is 31.1. The highest BCUT2D eigenvalue weighted by Crippen LogP contribution is 2.40. The Hall–Kier alpha value is -4.62. The first-order valence-electron chi connectivity index (χ1n) is 14.8. The Morgan fingerprint density at radius 3 is 1.90 bits per heavy atom. The summed E-state index contributed by atoms with van der Waals surface area (Å²) >= 11 is 0. The number of carbonyl (C=O) groups excluding carboxylic acids is 6. The molecule has 2 saturated heterocycles. The molecule has 0 amide bonds. The van der Waals surface area contributed by atoms with Crippen molar-refractivity contribution in [3.05, 3.63) is 35.9 Å². The van der Waals surface area contributed by atoms with E-state index in [9.17, 15) is 44.1 Å². The molecule has 49 heavy (non-hydrogen) atoms. The quantitative estimate of drug-likeness (QED) is 0.133. The number of aromatic hydroxyl groups is 1. The van der Waals surface area contributed by atoms with Crippen LogP contribution in [0.3, 0.4) is 0 Å². The van der Waals surface area contributed by atoms with Crippen molar-refractivity contribution in [1.82, 2.24) is 0 Å². The van der Waals surface area contributed by atoms with Crippen LogP contribution >= 0.6 is 0 Å². The summed E-state index contributed by atoms with van der Waals surface area (Å²) in [6.07, 6.45) is -11.3. The lowest BCUT2D eigenvalue weighted by molar-refractivity contribution is -0.384. The van der Waals surface area contributed by atoms with E-state index in [4.69, 9.17) is 42.6 Å².